The van der Waals surface area contributed by atoms with E-state index in [1.54, 1.807) is 11.3 Å². The molecule has 2 aromatic rings. The molecule has 1 aromatic heterocycles. The van der Waals surface area contributed by atoms with Crippen molar-refractivity contribution < 1.29 is 0 Å². The number of aliphatic imine (C=N–C) groups is 1. The predicted molar refractivity (Wildman–Crippen MR) is 115 cm³/mol. The minimum Gasteiger partial charge on any atom is -0.357 e. The van der Waals surface area contributed by atoms with Crippen LogP contribution in [0.25, 0.3) is 0 Å². The third kappa shape index (κ3) is 7.81. The smallest absolute Gasteiger partial charge is 0.191 e. The molecule has 0 aliphatic rings. The van der Waals surface area contributed by atoms with Crippen molar-refractivity contribution in [1.82, 2.24) is 15.6 Å². The summed E-state index contributed by atoms with van der Waals surface area (Å²) >= 11 is 7.69. The molecule has 0 unspecified atom stereocenters. The van der Waals surface area contributed by atoms with Crippen molar-refractivity contribution in [3.05, 3.63) is 50.9 Å². The zero-order chi connectivity index (χ0) is 16.5. The first-order valence-electron chi connectivity index (χ1n) is 7.85. The molecular formula is C17H24ClIN4S. The maximum atomic E-state index is 6.00. The van der Waals surface area contributed by atoms with Gasteiger partial charge in [-0.1, -0.05) is 23.7 Å². The van der Waals surface area contributed by atoms with Gasteiger partial charge in [-0.2, -0.15) is 0 Å². The summed E-state index contributed by atoms with van der Waals surface area (Å²) in [6, 6.07) is 7.96. The largest absolute Gasteiger partial charge is 0.357 e. The lowest BCUT2D eigenvalue weighted by Gasteiger charge is -2.11. The first-order chi connectivity index (χ1) is 11.2. The van der Waals surface area contributed by atoms with Gasteiger partial charge in [0.1, 0.15) is 0 Å². The third-order valence-corrected chi connectivity index (χ3v) is 4.30. The van der Waals surface area contributed by atoms with E-state index in [-0.39, 0.29) is 24.0 Å². The zero-order valence-electron chi connectivity index (χ0n) is 14.0. The van der Waals surface area contributed by atoms with Crippen molar-refractivity contribution in [1.29, 1.82) is 0 Å². The minimum atomic E-state index is 0. The maximum Gasteiger partial charge on any atom is 0.191 e. The van der Waals surface area contributed by atoms with Gasteiger partial charge in [0.05, 0.1) is 10.7 Å². The fraction of sp³-hybridized carbons (Fsp3) is 0.412. The Morgan fingerprint density at radius 2 is 2.12 bits per heavy atom. The molecule has 0 atom stereocenters. The normalized spacial score (nSPS) is 11.0. The average Bonchev–Trinajstić information content (AvgIpc) is 2.93. The molecule has 2 N–H and O–H groups in total. The van der Waals surface area contributed by atoms with Crippen LogP contribution in [-0.2, 0) is 12.8 Å². The Balaban J connectivity index is 0.00000288. The van der Waals surface area contributed by atoms with E-state index in [2.05, 4.69) is 39.0 Å². The molecule has 0 saturated carbocycles. The van der Waals surface area contributed by atoms with Crippen molar-refractivity contribution in [3.63, 3.8) is 0 Å². The number of nitrogens with zero attached hydrogens (tertiary/aromatic N) is 2. The summed E-state index contributed by atoms with van der Waals surface area (Å²) in [4.78, 5) is 9.06. The first kappa shape index (κ1) is 21.2. The van der Waals surface area contributed by atoms with E-state index in [4.69, 9.17) is 11.6 Å². The van der Waals surface area contributed by atoms with Crippen LogP contribution in [0.1, 0.15) is 23.2 Å². The second-order valence-corrected chi connectivity index (χ2v) is 6.67. The van der Waals surface area contributed by atoms with E-state index in [1.807, 2.05) is 25.1 Å². The number of aromatic nitrogens is 1. The van der Waals surface area contributed by atoms with Gasteiger partial charge < -0.3 is 10.6 Å². The van der Waals surface area contributed by atoms with Crippen LogP contribution in [-0.4, -0.2) is 30.6 Å². The molecular weight excluding hydrogens is 455 g/mol. The number of halogens is 2. The SMILES string of the molecule is CCNC(=NCCc1csc(C)n1)NCCc1cccc(Cl)c1.I. The van der Waals surface area contributed by atoms with Gasteiger partial charge in [0.2, 0.25) is 0 Å². The third-order valence-electron chi connectivity index (χ3n) is 3.24. The monoisotopic (exact) mass is 478 g/mol. The summed E-state index contributed by atoms with van der Waals surface area (Å²) in [5.74, 6) is 0.849. The van der Waals surface area contributed by atoms with Crippen molar-refractivity contribution in [2.24, 2.45) is 4.99 Å². The standard InChI is InChI=1S/C17H23ClN4S.HI/c1-3-19-17(21-10-8-16-12-23-13(2)22-16)20-9-7-14-5-4-6-15(18)11-14;/h4-6,11-12H,3,7-10H2,1-2H3,(H2,19,20,21);1H. The van der Waals surface area contributed by atoms with E-state index in [1.165, 1.54) is 5.56 Å². The first-order valence-corrected chi connectivity index (χ1v) is 9.10. The number of thiazole rings is 1. The van der Waals surface area contributed by atoms with E-state index in [0.717, 1.165) is 54.2 Å². The fourth-order valence-corrected chi connectivity index (χ4v) is 3.02. The predicted octanol–water partition coefficient (Wildman–Crippen LogP) is 4.06. The lowest BCUT2D eigenvalue weighted by atomic mass is 10.1. The van der Waals surface area contributed by atoms with Gasteiger partial charge in [-0.15, -0.1) is 35.3 Å². The van der Waals surface area contributed by atoms with Crippen LogP contribution in [0, 0.1) is 6.92 Å². The molecule has 4 nitrogen and oxygen atoms in total. The Labute approximate surface area is 170 Å². The Morgan fingerprint density at radius 1 is 1.29 bits per heavy atom. The zero-order valence-corrected chi connectivity index (χ0v) is 17.9. The molecule has 0 spiro atoms. The Kier molecular flexibility index (Phi) is 10.3. The molecule has 2 rings (SSSR count). The minimum absolute atomic E-state index is 0. The number of nitrogens with one attached hydrogen (secondary N) is 2. The number of aryl methyl sites for hydroxylation is 1. The quantitative estimate of drug-likeness (QED) is 0.358. The molecule has 1 aromatic carbocycles. The lowest BCUT2D eigenvalue weighted by molar-refractivity contribution is 0.795. The van der Waals surface area contributed by atoms with Crippen LogP contribution in [0.15, 0.2) is 34.6 Å². The van der Waals surface area contributed by atoms with Crippen molar-refractivity contribution in [2.75, 3.05) is 19.6 Å². The number of benzene rings is 1. The molecule has 0 saturated heterocycles. The molecule has 132 valence electrons. The molecule has 0 fully saturated rings. The summed E-state index contributed by atoms with van der Waals surface area (Å²) in [5.41, 5.74) is 2.34. The van der Waals surface area contributed by atoms with Gasteiger partial charge in [-0.05, 0) is 38.0 Å². The molecule has 1 heterocycles. The van der Waals surface area contributed by atoms with E-state index < -0.39 is 0 Å². The Morgan fingerprint density at radius 3 is 2.79 bits per heavy atom. The van der Waals surface area contributed by atoms with Crippen molar-refractivity contribution in [3.8, 4) is 0 Å². The highest BCUT2D eigenvalue weighted by Gasteiger charge is 2.00. The average molecular weight is 479 g/mol. The van der Waals surface area contributed by atoms with Crippen LogP contribution in [0.3, 0.4) is 0 Å². The van der Waals surface area contributed by atoms with E-state index in [9.17, 15) is 0 Å². The second kappa shape index (κ2) is 11.7. The van der Waals surface area contributed by atoms with Crippen molar-refractivity contribution in [2.45, 2.75) is 26.7 Å². The van der Waals surface area contributed by atoms with Gasteiger partial charge in [0.25, 0.3) is 0 Å². The summed E-state index contributed by atoms with van der Waals surface area (Å²) in [6.45, 7) is 6.49. The molecule has 0 amide bonds. The summed E-state index contributed by atoms with van der Waals surface area (Å²) < 4.78 is 0. The fourth-order valence-electron chi connectivity index (χ4n) is 2.16. The van der Waals surface area contributed by atoms with Gasteiger partial charge in [-0.3, -0.25) is 4.99 Å². The maximum absolute atomic E-state index is 6.00. The Hall–Kier alpha value is -0.860. The molecule has 24 heavy (non-hydrogen) atoms. The number of hydrogen-bond donors (Lipinski definition) is 2. The van der Waals surface area contributed by atoms with Gasteiger partial charge in [0.15, 0.2) is 5.96 Å². The van der Waals surface area contributed by atoms with Crippen LogP contribution in [0.5, 0.6) is 0 Å². The number of hydrogen-bond acceptors (Lipinski definition) is 3. The highest BCUT2D eigenvalue weighted by molar-refractivity contribution is 14.0. The van der Waals surface area contributed by atoms with Crippen LogP contribution in [0.4, 0.5) is 0 Å². The summed E-state index contributed by atoms with van der Waals surface area (Å²) in [6.07, 6.45) is 1.78. The Bertz CT molecular complexity index is 645. The molecule has 7 heteroatoms. The number of guanidine groups is 1. The molecule has 0 bridgehead atoms. The van der Waals surface area contributed by atoms with Crippen LogP contribution < -0.4 is 10.6 Å². The second-order valence-electron chi connectivity index (χ2n) is 5.18. The summed E-state index contributed by atoms with van der Waals surface area (Å²) in [7, 11) is 0. The topological polar surface area (TPSA) is 49.3 Å². The van der Waals surface area contributed by atoms with Crippen LogP contribution >= 0.6 is 46.9 Å². The molecule has 0 aliphatic heterocycles. The lowest BCUT2D eigenvalue weighted by Crippen LogP contribution is -2.38. The summed E-state index contributed by atoms with van der Waals surface area (Å²) in [5, 5.41) is 10.6. The molecule has 0 radical (unpaired) electrons. The van der Waals surface area contributed by atoms with Gasteiger partial charge >= 0.3 is 0 Å². The van der Waals surface area contributed by atoms with Crippen LogP contribution in [0.2, 0.25) is 5.02 Å². The number of rotatable bonds is 7. The highest BCUT2D eigenvalue weighted by atomic mass is 127. The van der Waals surface area contributed by atoms with E-state index in [0.29, 0.717) is 0 Å². The van der Waals surface area contributed by atoms with E-state index >= 15 is 0 Å². The molecule has 0 aliphatic carbocycles. The van der Waals surface area contributed by atoms with Gasteiger partial charge in [0, 0.05) is 36.5 Å². The van der Waals surface area contributed by atoms with Crippen molar-refractivity contribution >= 4 is 52.9 Å². The highest BCUT2D eigenvalue weighted by Crippen LogP contribution is 2.10. The van der Waals surface area contributed by atoms with Gasteiger partial charge in [-0.25, -0.2) is 4.98 Å².